The Bertz CT molecular complexity index is 722. The molecule has 3 rings (SSSR count). The number of carbonyl (C=O) groups excluding carboxylic acids is 1. The van der Waals surface area contributed by atoms with E-state index in [9.17, 15) is 4.79 Å². The highest BCUT2D eigenvalue weighted by atomic mass is 16.5. The van der Waals surface area contributed by atoms with Gasteiger partial charge in [-0.2, -0.15) is 0 Å². The largest absolute Gasteiger partial charge is 0.497 e. The molecule has 1 N–H and O–H groups in total. The number of amides is 1. The third-order valence-corrected chi connectivity index (χ3v) is 5.05. The van der Waals surface area contributed by atoms with Crippen molar-refractivity contribution < 1.29 is 9.53 Å². The van der Waals surface area contributed by atoms with Crippen molar-refractivity contribution in [1.29, 1.82) is 0 Å². The van der Waals surface area contributed by atoms with Crippen LogP contribution >= 0.6 is 0 Å². The van der Waals surface area contributed by atoms with Gasteiger partial charge in [0.25, 0.3) is 0 Å². The van der Waals surface area contributed by atoms with Crippen molar-refractivity contribution >= 4 is 5.91 Å². The number of aromatic nitrogens is 2. The lowest BCUT2D eigenvalue weighted by molar-refractivity contribution is -0.128. The highest BCUT2D eigenvalue weighted by Gasteiger charge is 2.40. The van der Waals surface area contributed by atoms with Gasteiger partial charge in [0.15, 0.2) is 0 Å². The minimum absolute atomic E-state index is 0.0913. The fourth-order valence-corrected chi connectivity index (χ4v) is 3.66. The number of nitrogens with zero attached hydrogens (tertiary/aromatic N) is 2. The predicted octanol–water partition coefficient (Wildman–Crippen LogP) is 3.31. The lowest BCUT2D eigenvalue weighted by Crippen LogP contribution is -2.45. The fourth-order valence-electron chi connectivity index (χ4n) is 3.66. The van der Waals surface area contributed by atoms with Crippen LogP contribution in [0.5, 0.6) is 5.75 Å². The zero-order chi connectivity index (χ0) is 17.7. The van der Waals surface area contributed by atoms with E-state index in [1.807, 2.05) is 37.3 Å². The third-order valence-electron chi connectivity index (χ3n) is 5.05. The fraction of sp³-hybridized carbons (Fsp3) is 0.450. The van der Waals surface area contributed by atoms with Gasteiger partial charge < -0.3 is 10.1 Å². The lowest BCUT2D eigenvalue weighted by atomic mass is 9.68. The normalized spacial score (nSPS) is 16.2. The molecular weight excluding hydrogens is 314 g/mol. The van der Waals surface area contributed by atoms with Gasteiger partial charge in [-0.3, -0.25) is 4.79 Å². The first kappa shape index (κ1) is 17.4. The number of nitrogens with one attached hydrogen (secondary N) is 1. The number of ether oxygens (including phenoxy) is 1. The van der Waals surface area contributed by atoms with Crippen LogP contribution in [0.4, 0.5) is 0 Å². The third kappa shape index (κ3) is 3.81. The highest BCUT2D eigenvalue weighted by Crippen LogP contribution is 2.40. The summed E-state index contributed by atoms with van der Waals surface area (Å²) in [5, 5.41) is 3.10. The first-order chi connectivity index (χ1) is 12.1. The lowest BCUT2D eigenvalue weighted by Gasteiger charge is -2.36. The van der Waals surface area contributed by atoms with E-state index in [1.165, 1.54) is 6.42 Å². The molecule has 25 heavy (non-hydrogen) atoms. The van der Waals surface area contributed by atoms with Crippen LogP contribution in [-0.4, -0.2) is 23.0 Å². The van der Waals surface area contributed by atoms with Gasteiger partial charge in [0, 0.05) is 6.20 Å². The number of benzene rings is 1. The van der Waals surface area contributed by atoms with E-state index in [4.69, 9.17) is 4.74 Å². The Kier molecular flexibility index (Phi) is 5.31. The van der Waals surface area contributed by atoms with Crippen LogP contribution in [-0.2, 0) is 16.8 Å². The minimum Gasteiger partial charge on any atom is -0.497 e. The van der Waals surface area contributed by atoms with Gasteiger partial charge >= 0.3 is 0 Å². The summed E-state index contributed by atoms with van der Waals surface area (Å²) in [6.07, 6.45) is 6.83. The van der Waals surface area contributed by atoms with Crippen LogP contribution in [0.25, 0.3) is 0 Å². The standard InChI is InChI=1S/C20H25N3O2/c1-15-21-13-10-17(23-15)14-22-19(24)20(11-4-3-5-12-20)16-6-8-18(25-2)9-7-16/h6-10,13H,3-5,11-12,14H2,1-2H3,(H,22,24). The Morgan fingerprint density at radius 2 is 1.88 bits per heavy atom. The van der Waals surface area contributed by atoms with Crippen molar-refractivity contribution in [1.82, 2.24) is 15.3 Å². The molecule has 1 saturated carbocycles. The van der Waals surface area contributed by atoms with Crippen LogP contribution in [0.1, 0.15) is 49.2 Å². The second-order valence-electron chi connectivity index (χ2n) is 6.65. The van der Waals surface area contributed by atoms with Gasteiger partial charge in [0.2, 0.25) is 5.91 Å². The Labute approximate surface area is 148 Å². The molecular formula is C20H25N3O2. The molecule has 0 spiro atoms. The van der Waals surface area contributed by atoms with Gasteiger partial charge in [0.1, 0.15) is 11.6 Å². The Morgan fingerprint density at radius 3 is 2.52 bits per heavy atom. The van der Waals surface area contributed by atoms with Crippen LogP contribution < -0.4 is 10.1 Å². The zero-order valence-electron chi connectivity index (χ0n) is 14.9. The molecule has 5 heteroatoms. The number of methoxy groups -OCH3 is 1. The average molecular weight is 339 g/mol. The van der Waals surface area contributed by atoms with E-state index in [0.29, 0.717) is 12.4 Å². The molecule has 132 valence electrons. The van der Waals surface area contributed by atoms with E-state index in [-0.39, 0.29) is 5.91 Å². The van der Waals surface area contributed by atoms with E-state index < -0.39 is 5.41 Å². The van der Waals surface area contributed by atoms with Gasteiger partial charge in [-0.05, 0) is 43.5 Å². The van der Waals surface area contributed by atoms with Crippen molar-refractivity contribution in [3.63, 3.8) is 0 Å². The van der Waals surface area contributed by atoms with Crippen LogP contribution in [0.3, 0.4) is 0 Å². The van der Waals surface area contributed by atoms with Gasteiger partial charge in [-0.15, -0.1) is 0 Å². The van der Waals surface area contributed by atoms with Gasteiger partial charge in [-0.1, -0.05) is 31.4 Å². The van der Waals surface area contributed by atoms with Crippen molar-refractivity contribution in [3.8, 4) is 5.75 Å². The molecule has 1 heterocycles. The zero-order valence-corrected chi connectivity index (χ0v) is 14.9. The van der Waals surface area contributed by atoms with Crippen LogP contribution in [0, 0.1) is 6.92 Å². The Morgan fingerprint density at radius 1 is 1.16 bits per heavy atom. The van der Waals surface area contributed by atoms with E-state index in [1.54, 1.807) is 13.3 Å². The number of hydrogen-bond acceptors (Lipinski definition) is 4. The quantitative estimate of drug-likeness (QED) is 0.908. The summed E-state index contributed by atoms with van der Waals surface area (Å²) >= 11 is 0. The monoisotopic (exact) mass is 339 g/mol. The SMILES string of the molecule is COc1ccc(C2(C(=O)NCc3ccnc(C)n3)CCCCC2)cc1. The molecule has 1 aromatic heterocycles. The molecule has 1 amide bonds. The Hall–Kier alpha value is -2.43. The van der Waals surface area contributed by atoms with Gasteiger partial charge in [0.05, 0.1) is 24.8 Å². The van der Waals surface area contributed by atoms with Crippen molar-refractivity contribution in [2.24, 2.45) is 0 Å². The summed E-state index contributed by atoms with van der Waals surface area (Å²) in [5.41, 5.74) is 1.46. The highest BCUT2D eigenvalue weighted by molar-refractivity contribution is 5.88. The maximum Gasteiger partial charge on any atom is 0.230 e. The van der Waals surface area contributed by atoms with E-state index in [0.717, 1.165) is 42.7 Å². The molecule has 5 nitrogen and oxygen atoms in total. The molecule has 2 aromatic rings. The van der Waals surface area contributed by atoms with E-state index in [2.05, 4.69) is 15.3 Å². The maximum absolute atomic E-state index is 13.1. The summed E-state index contributed by atoms with van der Waals surface area (Å²) in [5.74, 6) is 1.62. The number of carbonyl (C=O) groups is 1. The number of rotatable bonds is 5. The first-order valence-corrected chi connectivity index (χ1v) is 8.85. The summed E-state index contributed by atoms with van der Waals surface area (Å²) < 4.78 is 5.25. The molecule has 1 fully saturated rings. The first-order valence-electron chi connectivity index (χ1n) is 8.85. The second kappa shape index (κ2) is 7.64. The molecule has 0 bridgehead atoms. The molecule has 0 aliphatic heterocycles. The summed E-state index contributed by atoms with van der Waals surface area (Å²) in [4.78, 5) is 21.6. The Balaban J connectivity index is 1.80. The second-order valence-corrected chi connectivity index (χ2v) is 6.65. The molecule has 1 aliphatic rings. The molecule has 1 aliphatic carbocycles. The number of aryl methyl sites for hydroxylation is 1. The average Bonchev–Trinajstić information content (AvgIpc) is 2.67. The van der Waals surface area contributed by atoms with Gasteiger partial charge in [-0.25, -0.2) is 9.97 Å². The predicted molar refractivity (Wildman–Crippen MR) is 96.4 cm³/mol. The summed E-state index contributed by atoms with van der Waals surface area (Å²) in [6, 6.07) is 9.77. The van der Waals surface area contributed by atoms with Crippen molar-refractivity contribution in [3.05, 3.63) is 53.6 Å². The van der Waals surface area contributed by atoms with Crippen molar-refractivity contribution in [2.75, 3.05) is 7.11 Å². The molecule has 0 radical (unpaired) electrons. The molecule has 0 unspecified atom stereocenters. The summed E-state index contributed by atoms with van der Waals surface area (Å²) in [7, 11) is 1.65. The van der Waals surface area contributed by atoms with Crippen LogP contribution in [0.15, 0.2) is 36.5 Å². The maximum atomic E-state index is 13.1. The van der Waals surface area contributed by atoms with Crippen molar-refractivity contribution in [2.45, 2.75) is 51.0 Å². The molecule has 0 saturated heterocycles. The topological polar surface area (TPSA) is 64.1 Å². The smallest absolute Gasteiger partial charge is 0.230 e. The van der Waals surface area contributed by atoms with Crippen LogP contribution in [0.2, 0.25) is 0 Å². The molecule has 0 atom stereocenters. The summed E-state index contributed by atoms with van der Waals surface area (Å²) in [6.45, 7) is 2.28. The molecule has 1 aromatic carbocycles. The number of hydrogen-bond donors (Lipinski definition) is 1. The minimum atomic E-state index is -0.452. The van der Waals surface area contributed by atoms with E-state index >= 15 is 0 Å².